The lowest BCUT2D eigenvalue weighted by Gasteiger charge is -2.05. The molecule has 92 valence electrons. The molecule has 2 rings (SSSR count). The second-order valence-electron chi connectivity index (χ2n) is 4.23. The topological polar surface area (TPSA) is 42.0 Å². The van der Waals surface area contributed by atoms with Crippen LogP contribution in [0.1, 0.15) is 21.5 Å². The Kier molecular flexibility index (Phi) is 4.07. The highest BCUT2D eigenvalue weighted by Gasteiger charge is 2.04. The molecule has 1 aromatic heterocycles. The Hall–Kier alpha value is -2.16. The van der Waals surface area contributed by atoms with Gasteiger partial charge in [0, 0.05) is 24.5 Å². The Morgan fingerprint density at radius 3 is 2.72 bits per heavy atom. The van der Waals surface area contributed by atoms with Crippen molar-refractivity contribution in [2.24, 2.45) is 0 Å². The van der Waals surface area contributed by atoms with Gasteiger partial charge in [0.25, 0.3) is 5.91 Å². The summed E-state index contributed by atoms with van der Waals surface area (Å²) in [5.41, 5.74) is 2.98. The quantitative estimate of drug-likeness (QED) is 0.891. The summed E-state index contributed by atoms with van der Waals surface area (Å²) in [6, 6.07) is 11.5. The fraction of sp³-hybridized carbons (Fsp3) is 0.200. The van der Waals surface area contributed by atoms with E-state index in [-0.39, 0.29) is 5.91 Å². The molecule has 0 atom stereocenters. The van der Waals surface area contributed by atoms with E-state index in [1.165, 1.54) is 5.56 Å². The Labute approximate surface area is 107 Å². The third kappa shape index (κ3) is 3.42. The van der Waals surface area contributed by atoms with Gasteiger partial charge >= 0.3 is 0 Å². The molecule has 0 aliphatic heterocycles. The lowest BCUT2D eigenvalue weighted by molar-refractivity contribution is 0.0954. The van der Waals surface area contributed by atoms with Gasteiger partial charge in [-0.1, -0.05) is 17.7 Å². The number of carbonyl (C=O) groups excluding carboxylic acids is 1. The highest BCUT2D eigenvalue weighted by molar-refractivity contribution is 5.94. The first-order chi connectivity index (χ1) is 8.75. The standard InChI is InChI=1S/C15H16N2O/c1-12-3-2-4-14(11-12)15(18)17-10-7-13-5-8-16-9-6-13/h2-6,8-9,11H,7,10H2,1H3,(H,17,18). The van der Waals surface area contributed by atoms with Crippen LogP contribution >= 0.6 is 0 Å². The third-order valence-electron chi connectivity index (χ3n) is 2.73. The van der Waals surface area contributed by atoms with Crippen molar-refractivity contribution in [2.75, 3.05) is 6.54 Å². The first kappa shape index (κ1) is 12.3. The average molecular weight is 240 g/mol. The largest absolute Gasteiger partial charge is 0.352 e. The lowest BCUT2D eigenvalue weighted by atomic mass is 10.1. The number of aromatic nitrogens is 1. The summed E-state index contributed by atoms with van der Waals surface area (Å²) < 4.78 is 0. The molecule has 0 aliphatic carbocycles. The van der Waals surface area contributed by atoms with Crippen LogP contribution in [0.5, 0.6) is 0 Å². The van der Waals surface area contributed by atoms with E-state index in [1.54, 1.807) is 12.4 Å². The zero-order valence-electron chi connectivity index (χ0n) is 10.4. The SMILES string of the molecule is Cc1cccc(C(=O)NCCc2ccncc2)c1. The van der Waals surface area contributed by atoms with Gasteiger partial charge < -0.3 is 5.32 Å². The molecule has 0 spiro atoms. The second kappa shape index (κ2) is 5.96. The molecule has 3 nitrogen and oxygen atoms in total. The summed E-state index contributed by atoms with van der Waals surface area (Å²) in [6.45, 7) is 2.62. The predicted octanol–water partition coefficient (Wildman–Crippen LogP) is 2.36. The van der Waals surface area contributed by atoms with E-state index in [0.717, 1.165) is 12.0 Å². The number of hydrogen-bond donors (Lipinski definition) is 1. The number of nitrogens with zero attached hydrogens (tertiary/aromatic N) is 1. The maximum Gasteiger partial charge on any atom is 0.251 e. The first-order valence-corrected chi connectivity index (χ1v) is 5.99. The van der Waals surface area contributed by atoms with Crippen molar-refractivity contribution in [3.05, 3.63) is 65.5 Å². The maximum atomic E-state index is 11.9. The van der Waals surface area contributed by atoms with Gasteiger partial charge in [-0.25, -0.2) is 0 Å². The third-order valence-corrected chi connectivity index (χ3v) is 2.73. The predicted molar refractivity (Wildman–Crippen MR) is 71.5 cm³/mol. The zero-order valence-corrected chi connectivity index (χ0v) is 10.4. The van der Waals surface area contributed by atoms with Crippen molar-refractivity contribution in [1.82, 2.24) is 10.3 Å². The van der Waals surface area contributed by atoms with Gasteiger partial charge in [0.1, 0.15) is 0 Å². The van der Waals surface area contributed by atoms with Crippen LogP contribution in [0.3, 0.4) is 0 Å². The van der Waals surface area contributed by atoms with Crippen LogP contribution in [0.4, 0.5) is 0 Å². The number of carbonyl (C=O) groups is 1. The normalized spacial score (nSPS) is 10.1. The van der Waals surface area contributed by atoms with Crippen LogP contribution in [-0.2, 0) is 6.42 Å². The number of amides is 1. The molecule has 1 aromatic carbocycles. The summed E-state index contributed by atoms with van der Waals surface area (Å²) >= 11 is 0. The molecule has 0 radical (unpaired) electrons. The van der Waals surface area contributed by atoms with Gasteiger partial charge in [0.15, 0.2) is 0 Å². The monoisotopic (exact) mass is 240 g/mol. The summed E-state index contributed by atoms with van der Waals surface area (Å²) in [5.74, 6) is -0.0206. The fourth-order valence-electron chi connectivity index (χ4n) is 1.76. The number of hydrogen-bond acceptors (Lipinski definition) is 2. The molecule has 2 aromatic rings. The Bertz CT molecular complexity index is 523. The maximum absolute atomic E-state index is 11.9. The van der Waals surface area contributed by atoms with Crippen molar-refractivity contribution < 1.29 is 4.79 Å². The minimum Gasteiger partial charge on any atom is -0.352 e. The van der Waals surface area contributed by atoms with E-state index < -0.39 is 0 Å². The minimum absolute atomic E-state index is 0.0206. The highest BCUT2D eigenvalue weighted by atomic mass is 16.1. The Morgan fingerprint density at radius 2 is 2.00 bits per heavy atom. The van der Waals surface area contributed by atoms with E-state index >= 15 is 0 Å². The first-order valence-electron chi connectivity index (χ1n) is 5.99. The van der Waals surface area contributed by atoms with E-state index in [9.17, 15) is 4.79 Å². The van der Waals surface area contributed by atoms with Gasteiger partial charge in [-0.3, -0.25) is 9.78 Å². The van der Waals surface area contributed by atoms with E-state index in [4.69, 9.17) is 0 Å². The molecule has 1 amide bonds. The van der Waals surface area contributed by atoms with Crippen molar-refractivity contribution in [3.8, 4) is 0 Å². The average Bonchev–Trinajstić information content (AvgIpc) is 2.40. The van der Waals surface area contributed by atoms with Crippen molar-refractivity contribution in [2.45, 2.75) is 13.3 Å². The summed E-state index contributed by atoms with van der Waals surface area (Å²) in [7, 11) is 0. The second-order valence-corrected chi connectivity index (χ2v) is 4.23. The van der Waals surface area contributed by atoms with Crippen molar-refractivity contribution in [1.29, 1.82) is 0 Å². The van der Waals surface area contributed by atoms with Crippen LogP contribution in [0, 0.1) is 6.92 Å². The molecule has 0 saturated carbocycles. The molecule has 0 aliphatic rings. The van der Waals surface area contributed by atoms with E-state index in [1.807, 2.05) is 43.3 Å². The molecule has 0 bridgehead atoms. The molecule has 3 heteroatoms. The Balaban J connectivity index is 1.86. The number of rotatable bonds is 4. The van der Waals surface area contributed by atoms with Gasteiger partial charge in [0.2, 0.25) is 0 Å². The highest BCUT2D eigenvalue weighted by Crippen LogP contribution is 2.03. The molecule has 1 N–H and O–H groups in total. The minimum atomic E-state index is -0.0206. The molecule has 0 saturated heterocycles. The smallest absolute Gasteiger partial charge is 0.251 e. The van der Waals surface area contributed by atoms with Crippen LogP contribution in [0.15, 0.2) is 48.8 Å². The van der Waals surface area contributed by atoms with Gasteiger partial charge in [-0.2, -0.15) is 0 Å². The van der Waals surface area contributed by atoms with Crippen LogP contribution in [-0.4, -0.2) is 17.4 Å². The fourth-order valence-corrected chi connectivity index (χ4v) is 1.76. The van der Waals surface area contributed by atoms with Crippen molar-refractivity contribution in [3.63, 3.8) is 0 Å². The molecular formula is C15H16N2O. The Morgan fingerprint density at radius 1 is 1.22 bits per heavy atom. The molecular weight excluding hydrogens is 224 g/mol. The molecule has 18 heavy (non-hydrogen) atoms. The number of nitrogens with one attached hydrogen (secondary N) is 1. The van der Waals surface area contributed by atoms with Gasteiger partial charge in [-0.15, -0.1) is 0 Å². The number of pyridine rings is 1. The van der Waals surface area contributed by atoms with Crippen LogP contribution in [0.2, 0.25) is 0 Å². The number of aryl methyl sites for hydroxylation is 1. The van der Waals surface area contributed by atoms with Crippen LogP contribution < -0.4 is 5.32 Å². The summed E-state index contributed by atoms with van der Waals surface area (Å²) in [6.07, 6.45) is 4.34. The van der Waals surface area contributed by atoms with E-state index in [0.29, 0.717) is 12.1 Å². The number of benzene rings is 1. The van der Waals surface area contributed by atoms with Gasteiger partial charge in [0.05, 0.1) is 0 Å². The summed E-state index contributed by atoms with van der Waals surface area (Å²) in [4.78, 5) is 15.8. The van der Waals surface area contributed by atoms with Gasteiger partial charge in [-0.05, 0) is 43.2 Å². The van der Waals surface area contributed by atoms with Crippen molar-refractivity contribution >= 4 is 5.91 Å². The van der Waals surface area contributed by atoms with Crippen LogP contribution in [0.25, 0.3) is 0 Å². The summed E-state index contributed by atoms with van der Waals surface area (Å²) in [5, 5.41) is 2.92. The van der Waals surface area contributed by atoms with E-state index in [2.05, 4.69) is 10.3 Å². The molecule has 0 fully saturated rings. The lowest BCUT2D eigenvalue weighted by Crippen LogP contribution is -2.25. The zero-order chi connectivity index (χ0) is 12.8. The molecule has 1 heterocycles. The molecule has 0 unspecified atom stereocenters.